The van der Waals surface area contributed by atoms with E-state index in [0.29, 0.717) is 22.3 Å². The summed E-state index contributed by atoms with van der Waals surface area (Å²) in [6, 6.07) is 13.7. The highest BCUT2D eigenvalue weighted by atomic mass is 16.5. The van der Waals surface area contributed by atoms with Gasteiger partial charge in [-0.1, -0.05) is 30.3 Å². The van der Waals surface area contributed by atoms with Crippen molar-refractivity contribution in [2.24, 2.45) is 7.05 Å². The second-order valence-corrected chi connectivity index (χ2v) is 6.53. The molecule has 8 nitrogen and oxygen atoms in total. The number of rotatable bonds is 5. The van der Waals surface area contributed by atoms with Crippen molar-refractivity contribution in [1.82, 2.24) is 25.1 Å². The van der Waals surface area contributed by atoms with Crippen LogP contribution < -0.4 is 15.6 Å². The second kappa shape index (κ2) is 7.59. The smallest absolute Gasteiger partial charge is 0.273 e. The van der Waals surface area contributed by atoms with Crippen molar-refractivity contribution in [3.63, 3.8) is 0 Å². The number of nitrogens with zero attached hydrogens (tertiary/aromatic N) is 3. The van der Waals surface area contributed by atoms with Gasteiger partial charge in [-0.15, -0.1) is 0 Å². The van der Waals surface area contributed by atoms with Crippen molar-refractivity contribution in [2.75, 3.05) is 7.11 Å². The predicted octanol–water partition coefficient (Wildman–Crippen LogP) is 2.18. The summed E-state index contributed by atoms with van der Waals surface area (Å²) in [5.41, 5.74) is 0.605. The van der Waals surface area contributed by atoms with Crippen LogP contribution in [0.25, 0.3) is 10.8 Å². The van der Waals surface area contributed by atoms with Gasteiger partial charge in [0.1, 0.15) is 17.6 Å². The summed E-state index contributed by atoms with van der Waals surface area (Å²) in [5.74, 6) is 0.900. The van der Waals surface area contributed by atoms with Gasteiger partial charge in [-0.25, -0.2) is 10.1 Å². The van der Waals surface area contributed by atoms with Gasteiger partial charge in [0.15, 0.2) is 5.69 Å². The quantitative estimate of drug-likeness (QED) is 0.545. The Kier molecular flexibility index (Phi) is 4.82. The Labute approximate surface area is 166 Å². The number of carbonyl (C=O) groups excluding carboxylic acids is 1. The molecule has 2 aromatic carbocycles. The lowest BCUT2D eigenvalue weighted by Crippen LogP contribution is -2.32. The number of hydrogen-bond acceptors (Lipinski definition) is 5. The minimum atomic E-state index is -0.537. The fourth-order valence-corrected chi connectivity index (χ4v) is 3.26. The van der Waals surface area contributed by atoms with E-state index < -0.39 is 11.9 Å². The number of imidazole rings is 1. The van der Waals surface area contributed by atoms with Gasteiger partial charge in [0, 0.05) is 24.8 Å². The molecule has 0 fully saturated rings. The average Bonchev–Trinajstić information content (AvgIpc) is 3.18. The summed E-state index contributed by atoms with van der Waals surface area (Å²) >= 11 is 0. The highest BCUT2D eigenvalue weighted by Gasteiger charge is 2.24. The molecule has 0 aliphatic heterocycles. The van der Waals surface area contributed by atoms with Crippen LogP contribution in [0.2, 0.25) is 0 Å². The van der Waals surface area contributed by atoms with Crippen LogP contribution in [0.4, 0.5) is 0 Å². The van der Waals surface area contributed by atoms with Gasteiger partial charge in [-0.05, 0) is 23.8 Å². The van der Waals surface area contributed by atoms with Gasteiger partial charge in [0.25, 0.3) is 11.5 Å². The Hall–Kier alpha value is -3.94. The molecule has 1 unspecified atom stereocenters. The zero-order valence-electron chi connectivity index (χ0n) is 15.9. The lowest BCUT2D eigenvalue weighted by molar-refractivity contribution is 0.0937. The maximum absolute atomic E-state index is 13.2. The summed E-state index contributed by atoms with van der Waals surface area (Å²) in [7, 11) is 3.44. The van der Waals surface area contributed by atoms with Crippen LogP contribution in [0.15, 0.2) is 65.7 Å². The molecular formula is C21H19N5O3. The van der Waals surface area contributed by atoms with E-state index in [9.17, 15) is 9.59 Å². The van der Waals surface area contributed by atoms with Crippen LogP contribution >= 0.6 is 0 Å². The molecule has 0 spiro atoms. The summed E-state index contributed by atoms with van der Waals surface area (Å²) in [6.07, 6.45) is 3.48. The number of fused-ring (bicyclic) bond motifs is 1. The largest absolute Gasteiger partial charge is 0.497 e. The van der Waals surface area contributed by atoms with Gasteiger partial charge in [-0.3, -0.25) is 9.59 Å². The van der Waals surface area contributed by atoms with Crippen LogP contribution in [0.3, 0.4) is 0 Å². The molecule has 146 valence electrons. The van der Waals surface area contributed by atoms with Crippen molar-refractivity contribution in [3.8, 4) is 5.75 Å². The Morgan fingerprint density at radius 3 is 2.69 bits per heavy atom. The molecule has 2 N–H and O–H groups in total. The molecular weight excluding hydrogens is 370 g/mol. The SMILES string of the molecule is COc1cccc(C(NC(=O)c2n[nH]c(=O)c3ccccc23)c2nccn2C)c1. The van der Waals surface area contributed by atoms with E-state index in [1.165, 1.54) is 0 Å². The molecule has 0 aliphatic rings. The Balaban J connectivity index is 1.77. The number of aromatic amines is 1. The average molecular weight is 389 g/mol. The lowest BCUT2D eigenvalue weighted by Gasteiger charge is -2.20. The first-order valence-corrected chi connectivity index (χ1v) is 8.98. The van der Waals surface area contributed by atoms with Gasteiger partial charge in [0.05, 0.1) is 12.5 Å². The van der Waals surface area contributed by atoms with Crippen molar-refractivity contribution < 1.29 is 9.53 Å². The number of aryl methyl sites for hydroxylation is 1. The Morgan fingerprint density at radius 2 is 1.97 bits per heavy atom. The molecule has 0 saturated carbocycles. The topological polar surface area (TPSA) is 102 Å². The Bertz CT molecular complexity index is 1240. The zero-order chi connectivity index (χ0) is 20.4. The fourth-order valence-electron chi connectivity index (χ4n) is 3.26. The Morgan fingerprint density at radius 1 is 1.17 bits per heavy atom. The molecule has 0 aliphatic carbocycles. The van der Waals surface area contributed by atoms with Gasteiger partial charge >= 0.3 is 0 Å². The summed E-state index contributed by atoms with van der Waals surface area (Å²) < 4.78 is 7.16. The van der Waals surface area contributed by atoms with E-state index in [2.05, 4.69) is 20.5 Å². The molecule has 29 heavy (non-hydrogen) atoms. The first kappa shape index (κ1) is 18.4. The first-order chi connectivity index (χ1) is 14.1. The zero-order valence-corrected chi connectivity index (χ0v) is 15.9. The van der Waals surface area contributed by atoms with Gasteiger partial charge < -0.3 is 14.6 Å². The van der Waals surface area contributed by atoms with Crippen LogP contribution in [0, 0.1) is 0 Å². The maximum Gasteiger partial charge on any atom is 0.273 e. The van der Waals surface area contributed by atoms with Crippen molar-refractivity contribution in [3.05, 3.63) is 88.4 Å². The molecule has 4 aromatic rings. The number of carbonyl (C=O) groups is 1. The molecule has 0 saturated heterocycles. The van der Waals surface area contributed by atoms with E-state index >= 15 is 0 Å². The second-order valence-electron chi connectivity index (χ2n) is 6.53. The monoisotopic (exact) mass is 389 g/mol. The van der Waals surface area contributed by atoms with Crippen molar-refractivity contribution >= 4 is 16.7 Å². The van der Waals surface area contributed by atoms with Crippen molar-refractivity contribution in [1.29, 1.82) is 0 Å². The third-order valence-electron chi connectivity index (χ3n) is 4.73. The number of H-pyrrole nitrogens is 1. The van der Waals surface area contributed by atoms with E-state index in [4.69, 9.17) is 4.74 Å². The summed E-state index contributed by atoms with van der Waals surface area (Å²) in [6.45, 7) is 0. The maximum atomic E-state index is 13.2. The number of benzene rings is 2. The number of hydrogen-bond donors (Lipinski definition) is 2. The standard InChI is InChI=1S/C21H19N5O3/c1-26-11-10-22-19(26)17(13-6-5-7-14(12-13)29-2)23-21(28)18-15-8-3-4-9-16(15)20(27)25-24-18/h3-12,17H,1-2H3,(H,23,28)(H,25,27). The predicted molar refractivity (Wildman–Crippen MR) is 108 cm³/mol. The molecule has 0 bridgehead atoms. The van der Waals surface area contributed by atoms with Crippen molar-refractivity contribution in [2.45, 2.75) is 6.04 Å². The minimum absolute atomic E-state index is 0.141. The normalized spacial score (nSPS) is 11.9. The van der Waals surface area contributed by atoms with E-state index in [1.54, 1.807) is 37.6 Å². The third kappa shape index (κ3) is 3.47. The lowest BCUT2D eigenvalue weighted by atomic mass is 10.0. The van der Waals surface area contributed by atoms with E-state index in [0.717, 1.165) is 5.56 Å². The van der Waals surface area contributed by atoms with Gasteiger partial charge in [-0.2, -0.15) is 5.10 Å². The highest BCUT2D eigenvalue weighted by molar-refractivity contribution is 6.04. The minimum Gasteiger partial charge on any atom is -0.497 e. The number of nitrogens with one attached hydrogen (secondary N) is 2. The summed E-state index contributed by atoms with van der Waals surface area (Å²) in [4.78, 5) is 29.6. The fraction of sp³-hybridized carbons (Fsp3) is 0.143. The number of methoxy groups -OCH3 is 1. The van der Waals surface area contributed by atoms with Crippen LogP contribution in [0.1, 0.15) is 27.9 Å². The number of ether oxygens (including phenoxy) is 1. The molecule has 2 heterocycles. The van der Waals surface area contributed by atoms with Gasteiger partial charge in [0.2, 0.25) is 0 Å². The van der Waals surface area contributed by atoms with E-state index in [1.807, 2.05) is 42.1 Å². The van der Waals surface area contributed by atoms with Crippen LogP contribution in [-0.4, -0.2) is 32.8 Å². The number of amides is 1. The molecule has 2 aromatic heterocycles. The third-order valence-corrected chi connectivity index (χ3v) is 4.73. The van der Waals surface area contributed by atoms with E-state index in [-0.39, 0.29) is 11.3 Å². The molecule has 0 radical (unpaired) electrons. The van der Waals surface area contributed by atoms with Crippen LogP contribution in [-0.2, 0) is 7.05 Å². The molecule has 1 atom stereocenters. The molecule has 4 rings (SSSR count). The molecule has 1 amide bonds. The summed E-state index contributed by atoms with van der Waals surface area (Å²) in [5, 5.41) is 10.3. The number of aromatic nitrogens is 4. The first-order valence-electron chi connectivity index (χ1n) is 8.98. The molecule has 8 heteroatoms. The highest BCUT2D eigenvalue weighted by Crippen LogP contribution is 2.25. The van der Waals surface area contributed by atoms with Crippen LogP contribution in [0.5, 0.6) is 5.75 Å².